The average Bonchev–Trinajstić information content (AvgIpc) is 2.95. The van der Waals surface area contributed by atoms with Gasteiger partial charge in [-0.3, -0.25) is 13.9 Å². The third kappa shape index (κ3) is 9.37. The summed E-state index contributed by atoms with van der Waals surface area (Å²) in [7, 11) is -3.85. The van der Waals surface area contributed by atoms with Crippen molar-refractivity contribution in [1.29, 1.82) is 0 Å². The zero-order valence-electron chi connectivity index (χ0n) is 24.5. The van der Waals surface area contributed by atoms with Gasteiger partial charge >= 0.3 is 0 Å². The van der Waals surface area contributed by atoms with E-state index in [1.165, 1.54) is 6.07 Å². The Bertz CT molecular complexity index is 1450. The predicted octanol–water partition coefficient (Wildman–Crippen LogP) is 5.37. The summed E-state index contributed by atoms with van der Waals surface area (Å²) in [6.07, 6.45) is 2.02. The Morgan fingerprint density at radius 1 is 0.929 bits per heavy atom. The number of hydrogen-bond acceptors (Lipinski definition) is 4. The second-order valence-corrected chi connectivity index (χ2v) is 12.5. The molecule has 0 bridgehead atoms. The van der Waals surface area contributed by atoms with Gasteiger partial charge in [-0.25, -0.2) is 17.2 Å². The molecule has 10 heteroatoms. The summed E-state index contributed by atoms with van der Waals surface area (Å²) in [4.78, 5) is 29.0. The number of amides is 2. The van der Waals surface area contributed by atoms with E-state index < -0.39 is 27.7 Å². The van der Waals surface area contributed by atoms with E-state index in [0.717, 1.165) is 45.8 Å². The molecule has 0 aliphatic carbocycles. The fourth-order valence-electron chi connectivity index (χ4n) is 4.53. The summed E-state index contributed by atoms with van der Waals surface area (Å²) < 4.78 is 53.3. The van der Waals surface area contributed by atoms with Gasteiger partial charge in [0.15, 0.2) is 11.6 Å². The molecule has 1 N–H and O–H groups in total. The zero-order valence-corrected chi connectivity index (χ0v) is 25.3. The molecule has 0 aromatic heterocycles. The Labute approximate surface area is 247 Å². The van der Waals surface area contributed by atoms with Gasteiger partial charge in [-0.2, -0.15) is 0 Å². The predicted molar refractivity (Wildman–Crippen MR) is 161 cm³/mol. The molecule has 0 radical (unpaired) electrons. The number of aryl methyl sites for hydroxylation is 1. The molecule has 0 aliphatic heterocycles. The summed E-state index contributed by atoms with van der Waals surface area (Å²) in [6.45, 7) is 5.89. The first-order valence-electron chi connectivity index (χ1n) is 14.0. The minimum atomic E-state index is -3.85. The lowest BCUT2D eigenvalue weighted by Gasteiger charge is -2.32. The van der Waals surface area contributed by atoms with Gasteiger partial charge in [0, 0.05) is 38.0 Å². The number of nitrogens with one attached hydrogen (secondary N) is 1. The molecule has 0 spiro atoms. The van der Waals surface area contributed by atoms with Crippen molar-refractivity contribution in [2.24, 2.45) is 0 Å². The average molecular weight is 600 g/mol. The van der Waals surface area contributed by atoms with Crippen molar-refractivity contribution in [1.82, 2.24) is 10.2 Å². The molecule has 3 rings (SSSR count). The van der Waals surface area contributed by atoms with Crippen LogP contribution in [0.5, 0.6) is 0 Å². The molecule has 2 amide bonds. The lowest BCUT2D eigenvalue weighted by atomic mass is 10.0. The monoisotopic (exact) mass is 599 g/mol. The van der Waals surface area contributed by atoms with Gasteiger partial charge in [-0.15, -0.1) is 0 Å². The van der Waals surface area contributed by atoms with Crippen LogP contribution in [0.1, 0.15) is 49.8 Å². The number of anilines is 1. The van der Waals surface area contributed by atoms with Gasteiger partial charge in [0.2, 0.25) is 21.8 Å². The van der Waals surface area contributed by atoms with Crippen molar-refractivity contribution in [3.63, 3.8) is 0 Å². The lowest BCUT2D eigenvalue weighted by Crippen LogP contribution is -2.52. The number of sulfonamides is 1. The van der Waals surface area contributed by atoms with Gasteiger partial charge in [-0.05, 0) is 49.9 Å². The van der Waals surface area contributed by atoms with E-state index in [-0.39, 0.29) is 49.5 Å². The van der Waals surface area contributed by atoms with Crippen LogP contribution in [0, 0.1) is 18.6 Å². The molecule has 0 aliphatic rings. The summed E-state index contributed by atoms with van der Waals surface area (Å²) in [6, 6.07) is 19.1. The van der Waals surface area contributed by atoms with E-state index in [1.54, 1.807) is 4.90 Å². The molecule has 0 unspecified atom stereocenters. The van der Waals surface area contributed by atoms with E-state index in [2.05, 4.69) is 5.32 Å². The molecule has 226 valence electrons. The molecule has 0 saturated carbocycles. The van der Waals surface area contributed by atoms with Crippen LogP contribution in [0.4, 0.5) is 14.5 Å². The van der Waals surface area contributed by atoms with Gasteiger partial charge in [-0.1, -0.05) is 67.1 Å². The molecule has 3 aromatic carbocycles. The Kier molecular flexibility index (Phi) is 11.6. The molecule has 0 heterocycles. The molecule has 7 nitrogen and oxygen atoms in total. The molecular formula is C32H39F2N3O4S. The highest BCUT2D eigenvalue weighted by atomic mass is 32.2. The topological polar surface area (TPSA) is 86.8 Å². The van der Waals surface area contributed by atoms with E-state index in [9.17, 15) is 26.8 Å². The first-order chi connectivity index (χ1) is 19.9. The van der Waals surface area contributed by atoms with Crippen LogP contribution in [-0.4, -0.2) is 50.0 Å². The Morgan fingerprint density at radius 2 is 1.60 bits per heavy atom. The number of halogens is 2. The van der Waals surface area contributed by atoms with E-state index in [1.807, 2.05) is 75.4 Å². The van der Waals surface area contributed by atoms with Crippen LogP contribution in [0.15, 0.2) is 72.8 Å². The maximum atomic E-state index is 13.9. The van der Waals surface area contributed by atoms with E-state index in [4.69, 9.17) is 0 Å². The molecule has 2 atom stereocenters. The summed E-state index contributed by atoms with van der Waals surface area (Å²) >= 11 is 0. The van der Waals surface area contributed by atoms with Crippen LogP contribution >= 0.6 is 0 Å². The standard InChI is InChI=1S/C32H39F2N3O4S/c1-5-24(3)35-32(39)30(20-25-10-7-6-8-11-25)36(22-26-15-13-23(2)14-16-26)31(38)12-9-19-37(42(4,40)41)27-17-18-28(33)29(34)21-27/h6-8,10-11,13-18,21,24,30H,5,9,12,19-20,22H2,1-4H3,(H,35,39)/t24-,30-/m1/s1. The third-order valence-electron chi connectivity index (χ3n) is 7.09. The van der Waals surface area contributed by atoms with Gasteiger partial charge in [0.1, 0.15) is 6.04 Å². The first kappa shape index (κ1) is 32.7. The van der Waals surface area contributed by atoms with Crippen LogP contribution in [0.2, 0.25) is 0 Å². The van der Waals surface area contributed by atoms with Crippen LogP contribution in [0.3, 0.4) is 0 Å². The Morgan fingerprint density at radius 3 is 2.19 bits per heavy atom. The van der Waals surface area contributed by atoms with Crippen molar-refractivity contribution in [3.8, 4) is 0 Å². The van der Waals surface area contributed by atoms with Crippen molar-refractivity contribution in [2.45, 2.75) is 65.1 Å². The number of nitrogens with zero attached hydrogens (tertiary/aromatic N) is 2. The number of benzene rings is 3. The summed E-state index contributed by atoms with van der Waals surface area (Å²) in [5.74, 6) is -2.85. The fraction of sp³-hybridized carbons (Fsp3) is 0.375. The normalized spacial score (nSPS) is 12.8. The third-order valence-corrected chi connectivity index (χ3v) is 8.28. The summed E-state index contributed by atoms with van der Waals surface area (Å²) in [5, 5.41) is 3.02. The number of hydrogen-bond donors (Lipinski definition) is 1. The molecular weight excluding hydrogens is 560 g/mol. The van der Waals surface area contributed by atoms with Gasteiger partial charge in [0.25, 0.3) is 0 Å². The number of rotatable bonds is 14. The van der Waals surface area contributed by atoms with Crippen LogP contribution < -0.4 is 9.62 Å². The fourth-order valence-corrected chi connectivity index (χ4v) is 5.49. The van der Waals surface area contributed by atoms with E-state index in [0.29, 0.717) is 6.42 Å². The van der Waals surface area contributed by atoms with Crippen molar-refractivity contribution in [2.75, 3.05) is 17.1 Å². The SMILES string of the molecule is CC[C@@H](C)NC(=O)[C@@H](Cc1ccccc1)N(Cc1ccc(C)cc1)C(=O)CCCN(c1ccc(F)c(F)c1)S(C)(=O)=O. The zero-order chi connectivity index (χ0) is 30.9. The smallest absolute Gasteiger partial charge is 0.243 e. The highest BCUT2D eigenvalue weighted by Crippen LogP contribution is 2.22. The largest absolute Gasteiger partial charge is 0.352 e. The first-order valence-corrected chi connectivity index (χ1v) is 15.9. The minimum Gasteiger partial charge on any atom is -0.352 e. The Hall–Kier alpha value is -3.79. The number of carbonyl (C=O) groups excluding carboxylic acids is 2. The van der Waals surface area contributed by atoms with Gasteiger partial charge in [0.05, 0.1) is 11.9 Å². The molecule has 3 aromatic rings. The Balaban J connectivity index is 1.89. The van der Waals surface area contributed by atoms with Crippen molar-refractivity contribution >= 4 is 27.5 Å². The molecule has 0 fully saturated rings. The quantitative estimate of drug-likeness (QED) is 0.270. The highest BCUT2D eigenvalue weighted by Gasteiger charge is 2.31. The van der Waals surface area contributed by atoms with Crippen molar-refractivity contribution < 1.29 is 26.8 Å². The molecule has 0 saturated heterocycles. The second kappa shape index (κ2) is 14.9. The minimum absolute atomic E-state index is 0.0322. The second-order valence-electron chi connectivity index (χ2n) is 10.6. The van der Waals surface area contributed by atoms with E-state index >= 15 is 0 Å². The lowest BCUT2D eigenvalue weighted by molar-refractivity contribution is -0.141. The van der Waals surface area contributed by atoms with Crippen LogP contribution in [0.25, 0.3) is 0 Å². The maximum absolute atomic E-state index is 13.9. The maximum Gasteiger partial charge on any atom is 0.243 e. The van der Waals surface area contributed by atoms with Crippen molar-refractivity contribution in [3.05, 3.63) is 101 Å². The van der Waals surface area contributed by atoms with Crippen LogP contribution in [-0.2, 0) is 32.6 Å². The van der Waals surface area contributed by atoms with Gasteiger partial charge < -0.3 is 10.2 Å². The summed E-state index contributed by atoms with van der Waals surface area (Å²) in [5.41, 5.74) is 2.77. The highest BCUT2D eigenvalue weighted by molar-refractivity contribution is 7.92. The number of carbonyl (C=O) groups is 2. The molecule has 42 heavy (non-hydrogen) atoms.